The number of carbonyl (C=O) groups excluding carboxylic acids is 1. The molecular formula is C25H29FN4O2. The number of benzene rings is 1. The largest absolute Gasteiger partial charge is 0.508 e. The molecule has 168 valence electrons. The van der Waals surface area contributed by atoms with Crippen LogP contribution in [0.1, 0.15) is 43.6 Å². The summed E-state index contributed by atoms with van der Waals surface area (Å²) >= 11 is 0. The number of rotatable bonds is 4. The van der Waals surface area contributed by atoms with Crippen LogP contribution in [0.2, 0.25) is 0 Å². The van der Waals surface area contributed by atoms with Crippen LogP contribution >= 0.6 is 0 Å². The van der Waals surface area contributed by atoms with Gasteiger partial charge in [-0.1, -0.05) is 19.9 Å². The number of hydrogen-bond donors (Lipinski definition) is 3. The smallest absolute Gasteiger partial charge is 0.274 e. The first-order valence-electron chi connectivity index (χ1n) is 11.1. The Bertz CT molecular complexity index is 1060. The van der Waals surface area contributed by atoms with E-state index in [1.165, 1.54) is 12.1 Å². The normalized spacial score (nSPS) is 27.6. The third kappa shape index (κ3) is 4.72. The van der Waals surface area contributed by atoms with E-state index in [1.807, 2.05) is 6.21 Å². The third-order valence-electron chi connectivity index (χ3n) is 6.45. The number of nitrogens with zero attached hydrogens (tertiary/aromatic N) is 2. The number of phenols is 1. The highest BCUT2D eigenvalue weighted by Crippen LogP contribution is 2.40. The highest BCUT2D eigenvalue weighted by molar-refractivity contribution is 5.94. The first-order valence-corrected chi connectivity index (χ1v) is 11.1. The molecule has 2 aromatic rings. The molecule has 0 bridgehead atoms. The Morgan fingerprint density at radius 1 is 1.19 bits per heavy atom. The lowest BCUT2D eigenvalue weighted by atomic mass is 9.69. The van der Waals surface area contributed by atoms with Crippen molar-refractivity contribution in [2.45, 2.75) is 39.2 Å². The Labute approximate surface area is 187 Å². The van der Waals surface area contributed by atoms with Crippen molar-refractivity contribution >= 4 is 12.1 Å². The van der Waals surface area contributed by atoms with Gasteiger partial charge in [-0.3, -0.25) is 9.79 Å². The molecule has 1 amide bonds. The summed E-state index contributed by atoms with van der Waals surface area (Å²) in [4.78, 5) is 21.8. The van der Waals surface area contributed by atoms with E-state index in [9.17, 15) is 14.3 Å². The number of allylic oxidation sites excluding steroid dienone is 1. The molecule has 2 unspecified atom stereocenters. The van der Waals surface area contributed by atoms with Gasteiger partial charge in [0.15, 0.2) is 0 Å². The minimum Gasteiger partial charge on any atom is -0.508 e. The predicted molar refractivity (Wildman–Crippen MR) is 122 cm³/mol. The van der Waals surface area contributed by atoms with Crippen molar-refractivity contribution in [3.05, 3.63) is 59.8 Å². The molecule has 6 nitrogen and oxygen atoms in total. The standard InChI is InChI=1S/C25H29FN4O2/c1-14-8-16(10-17(27)9-14)24-15(2)12-28-13-23(24)30-25(32)22-5-3-4-21(29-22)19-7-6-18(31)11-20(19)26/h3-7,11-17,24,31H,8-10,27H2,1-2H3,(H,30,32)/t14-,15?,16+,17-,24?/m0/s1. The number of amides is 1. The Balaban J connectivity index is 1.56. The van der Waals surface area contributed by atoms with Crippen molar-refractivity contribution < 1.29 is 14.3 Å². The number of phenolic OH excluding ortho intramolecular Hbond substituents is 1. The van der Waals surface area contributed by atoms with Gasteiger partial charge in [0.1, 0.15) is 17.3 Å². The van der Waals surface area contributed by atoms with Crippen molar-refractivity contribution in [3.63, 3.8) is 0 Å². The molecule has 1 aromatic carbocycles. The van der Waals surface area contributed by atoms with Gasteiger partial charge in [-0.05, 0) is 55.4 Å². The van der Waals surface area contributed by atoms with Crippen LogP contribution in [-0.4, -0.2) is 28.3 Å². The van der Waals surface area contributed by atoms with E-state index in [2.05, 4.69) is 29.1 Å². The minimum absolute atomic E-state index is 0.128. The molecule has 4 rings (SSSR count). The first-order chi connectivity index (χ1) is 15.3. The number of nitrogens with one attached hydrogen (secondary N) is 1. The highest BCUT2D eigenvalue weighted by atomic mass is 19.1. The third-order valence-corrected chi connectivity index (χ3v) is 6.45. The molecule has 0 spiro atoms. The predicted octanol–water partition coefficient (Wildman–Crippen LogP) is 4.26. The van der Waals surface area contributed by atoms with Gasteiger partial charge in [0.05, 0.1) is 5.69 Å². The Morgan fingerprint density at radius 2 is 2.00 bits per heavy atom. The van der Waals surface area contributed by atoms with Crippen molar-refractivity contribution in [1.82, 2.24) is 10.3 Å². The minimum atomic E-state index is -0.601. The molecule has 1 aliphatic carbocycles. The van der Waals surface area contributed by atoms with Gasteiger partial charge in [0.25, 0.3) is 5.91 Å². The zero-order chi connectivity index (χ0) is 22.8. The molecule has 2 heterocycles. The SMILES string of the molecule is CC1C=NC=C(NC(=O)c2cccc(-c3ccc(O)cc3F)n2)C1[C@@H]1C[C@H](C)C[C@H](N)C1. The van der Waals surface area contributed by atoms with Gasteiger partial charge in [0.2, 0.25) is 0 Å². The molecule has 1 saturated carbocycles. The van der Waals surface area contributed by atoms with Crippen molar-refractivity contribution in [1.29, 1.82) is 0 Å². The number of halogens is 1. The number of aromatic nitrogens is 1. The summed E-state index contributed by atoms with van der Waals surface area (Å²) in [6.07, 6.45) is 6.67. The molecule has 4 N–H and O–H groups in total. The van der Waals surface area contributed by atoms with E-state index in [-0.39, 0.29) is 40.8 Å². The van der Waals surface area contributed by atoms with Crippen LogP contribution in [0.3, 0.4) is 0 Å². The molecule has 0 saturated heterocycles. The van der Waals surface area contributed by atoms with Gasteiger partial charge < -0.3 is 16.2 Å². The fraction of sp³-hybridized carbons (Fsp3) is 0.400. The fourth-order valence-corrected chi connectivity index (χ4v) is 5.14. The lowest BCUT2D eigenvalue weighted by Crippen LogP contribution is -2.41. The first kappa shape index (κ1) is 22.1. The van der Waals surface area contributed by atoms with E-state index in [4.69, 9.17) is 5.73 Å². The topological polar surface area (TPSA) is 101 Å². The van der Waals surface area contributed by atoms with E-state index >= 15 is 0 Å². The van der Waals surface area contributed by atoms with Gasteiger partial charge in [0, 0.05) is 47.6 Å². The van der Waals surface area contributed by atoms with Gasteiger partial charge in [-0.15, -0.1) is 0 Å². The Morgan fingerprint density at radius 3 is 2.75 bits per heavy atom. The van der Waals surface area contributed by atoms with Crippen LogP contribution < -0.4 is 11.1 Å². The maximum Gasteiger partial charge on any atom is 0.274 e. The van der Waals surface area contributed by atoms with Crippen LogP contribution in [-0.2, 0) is 0 Å². The summed E-state index contributed by atoms with van der Waals surface area (Å²) in [6.45, 7) is 4.35. The number of hydrogen-bond acceptors (Lipinski definition) is 5. The summed E-state index contributed by atoms with van der Waals surface area (Å²) in [6, 6.07) is 8.92. The van der Waals surface area contributed by atoms with E-state index in [0.29, 0.717) is 17.5 Å². The Kier molecular flexibility index (Phi) is 6.37. The zero-order valence-corrected chi connectivity index (χ0v) is 18.3. The van der Waals surface area contributed by atoms with Gasteiger partial charge in [-0.25, -0.2) is 9.37 Å². The second-order valence-electron chi connectivity index (χ2n) is 9.13. The zero-order valence-electron chi connectivity index (χ0n) is 18.3. The molecular weight excluding hydrogens is 407 g/mol. The van der Waals surface area contributed by atoms with E-state index in [1.54, 1.807) is 24.4 Å². The van der Waals surface area contributed by atoms with Crippen molar-refractivity contribution in [2.24, 2.45) is 34.4 Å². The van der Waals surface area contributed by atoms with Gasteiger partial charge in [-0.2, -0.15) is 0 Å². The van der Waals surface area contributed by atoms with Crippen molar-refractivity contribution in [3.8, 4) is 17.0 Å². The molecule has 2 aliphatic rings. The van der Waals surface area contributed by atoms with Crippen LogP contribution in [0.5, 0.6) is 5.75 Å². The average Bonchev–Trinajstić information content (AvgIpc) is 2.73. The number of nitrogens with two attached hydrogens (primary N) is 1. The summed E-state index contributed by atoms with van der Waals surface area (Å²) < 4.78 is 14.3. The molecule has 32 heavy (non-hydrogen) atoms. The molecule has 0 radical (unpaired) electrons. The monoisotopic (exact) mass is 436 g/mol. The summed E-state index contributed by atoms with van der Waals surface area (Å²) in [5.41, 5.74) is 7.81. The second-order valence-corrected chi connectivity index (χ2v) is 9.13. The second kappa shape index (κ2) is 9.20. The average molecular weight is 437 g/mol. The molecule has 1 fully saturated rings. The van der Waals surface area contributed by atoms with Gasteiger partial charge >= 0.3 is 0 Å². The fourth-order valence-electron chi connectivity index (χ4n) is 5.14. The number of carbonyl (C=O) groups is 1. The highest BCUT2D eigenvalue weighted by Gasteiger charge is 2.36. The van der Waals surface area contributed by atoms with E-state index < -0.39 is 5.82 Å². The van der Waals surface area contributed by atoms with Crippen LogP contribution in [0.4, 0.5) is 4.39 Å². The molecule has 1 aliphatic heterocycles. The quantitative estimate of drug-likeness (QED) is 0.666. The lowest BCUT2D eigenvalue weighted by molar-refractivity contribution is 0.0946. The van der Waals surface area contributed by atoms with Crippen molar-refractivity contribution in [2.75, 3.05) is 0 Å². The molecule has 5 atom stereocenters. The van der Waals surface area contributed by atoms with Crippen LogP contribution in [0.25, 0.3) is 11.3 Å². The van der Waals surface area contributed by atoms with Crippen LogP contribution in [0.15, 0.2) is 53.3 Å². The number of aromatic hydroxyl groups is 1. The summed E-state index contributed by atoms with van der Waals surface area (Å²) in [7, 11) is 0. The maximum atomic E-state index is 14.3. The Hall–Kier alpha value is -3.06. The van der Waals surface area contributed by atoms with Crippen LogP contribution in [0, 0.1) is 29.5 Å². The summed E-state index contributed by atoms with van der Waals surface area (Å²) in [5, 5.41) is 12.5. The number of pyridine rings is 1. The van der Waals surface area contributed by atoms with E-state index in [0.717, 1.165) is 31.0 Å². The number of aliphatic imine (C=N–C) groups is 1. The lowest BCUT2D eigenvalue weighted by Gasteiger charge is -2.40. The molecule has 7 heteroatoms. The molecule has 1 aromatic heterocycles. The summed E-state index contributed by atoms with van der Waals surface area (Å²) in [5.74, 6) is 0.0986. The maximum absolute atomic E-state index is 14.3.